The summed E-state index contributed by atoms with van der Waals surface area (Å²) in [5.41, 5.74) is 2.31. The van der Waals surface area contributed by atoms with Crippen LogP contribution >= 0.6 is 0 Å². The molecule has 106 valence electrons. The fourth-order valence-electron chi connectivity index (χ4n) is 1.24. The van der Waals surface area contributed by atoms with Gasteiger partial charge in [0.2, 0.25) is 0 Å². The molecule has 0 aromatic carbocycles. The highest BCUT2D eigenvalue weighted by Crippen LogP contribution is 2.35. The van der Waals surface area contributed by atoms with Crippen molar-refractivity contribution >= 4 is 5.97 Å². The van der Waals surface area contributed by atoms with Crippen LogP contribution in [0.3, 0.4) is 0 Å². The third-order valence-corrected chi connectivity index (χ3v) is 1.92. The van der Waals surface area contributed by atoms with Crippen molar-refractivity contribution in [3.8, 4) is 5.75 Å². The zero-order valence-electron chi connectivity index (χ0n) is 9.04. The zero-order chi connectivity index (χ0) is 14.8. The van der Waals surface area contributed by atoms with E-state index in [9.17, 15) is 26.7 Å². The summed E-state index contributed by atoms with van der Waals surface area (Å²) in [6.45, 7) is -0.410. The summed E-state index contributed by atoms with van der Waals surface area (Å²) in [5.74, 6) is -3.40. The Hall–Kier alpha value is -1.97. The van der Waals surface area contributed by atoms with E-state index in [-0.39, 0.29) is 5.69 Å². The summed E-state index contributed by atoms with van der Waals surface area (Å²) in [6.07, 6.45) is -8.76. The Morgan fingerprint density at radius 1 is 1.47 bits per heavy atom. The molecule has 0 aliphatic heterocycles. The summed E-state index contributed by atoms with van der Waals surface area (Å²) in [5, 5.41) is 8.73. The number of aromatic carboxylic acids is 1. The Balaban J connectivity index is 3.49. The first-order valence-corrected chi connectivity index (χ1v) is 4.66. The predicted octanol–water partition coefficient (Wildman–Crippen LogP) is 2.07. The molecule has 3 N–H and O–H groups in total. The van der Waals surface area contributed by atoms with Crippen LogP contribution in [0.4, 0.5) is 22.0 Å². The van der Waals surface area contributed by atoms with Crippen LogP contribution in [0.1, 0.15) is 28.2 Å². The topological polar surface area (TPSA) is 85.4 Å². The summed E-state index contributed by atoms with van der Waals surface area (Å²) in [7, 11) is 0. The van der Waals surface area contributed by atoms with E-state index in [1.54, 1.807) is 0 Å². The molecule has 0 amide bonds. The molecule has 19 heavy (non-hydrogen) atoms. The van der Waals surface area contributed by atoms with Crippen LogP contribution in [0.15, 0.2) is 6.07 Å². The van der Waals surface area contributed by atoms with Crippen LogP contribution in [0, 0.1) is 0 Å². The minimum atomic E-state index is -5.32. The van der Waals surface area contributed by atoms with Crippen molar-refractivity contribution in [2.75, 3.05) is 0 Å². The van der Waals surface area contributed by atoms with E-state index in [4.69, 9.17) is 10.8 Å². The van der Waals surface area contributed by atoms with Crippen LogP contribution in [0.5, 0.6) is 5.75 Å². The molecule has 1 heterocycles. The van der Waals surface area contributed by atoms with Gasteiger partial charge in [-0.25, -0.2) is 18.6 Å². The van der Waals surface area contributed by atoms with E-state index in [1.165, 1.54) is 0 Å². The number of halogens is 5. The molecule has 0 aliphatic rings. The van der Waals surface area contributed by atoms with Crippen molar-refractivity contribution in [1.82, 2.24) is 4.98 Å². The van der Waals surface area contributed by atoms with Gasteiger partial charge in [0.1, 0.15) is 11.3 Å². The number of carbonyl (C=O) groups is 1. The van der Waals surface area contributed by atoms with Gasteiger partial charge in [-0.15, -0.1) is 13.2 Å². The maximum Gasteiger partial charge on any atom is 0.573 e. The molecule has 0 bridgehead atoms. The first-order chi connectivity index (χ1) is 8.65. The van der Waals surface area contributed by atoms with Gasteiger partial charge in [0.15, 0.2) is 5.75 Å². The Bertz CT molecular complexity index is 489. The number of nitrogens with two attached hydrogens (primary N) is 1. The lowest BCUT2D eigenvalue weighted by molar-refractivity contribution is -0.275. The van der Waals surface area contributed by atoms with Gasteiger partial charge in [0, 0.05) is 6.54 Å². The maximum atomic E-state index is 12.6. The Morgan fingerprint density at radius 2 is 2.05 bits per heavy atom. The van der Waals surface area contributed by atoms with E-state index in [0.717, 1.165) is 0 Å². The molecule has 1 aromatic heterocycles. The molecule has 0 fully saturated rings. The number of pyridine rings is 1. The second kappa shape index (κ2) is 5.34. The van der Waals surface area contributed by atoms with Crippen molar-refractivity contribution in [2.45, 2.75) is 19.3 Å². The van der Waals surface area contributed by atoms with E-state index in [0.29, 0.717) is 6.07 Å². The molecule has 5 nitrogen and oxygen atoms in total. The number of nitrogens with zero attached hydrogens (tertiary/aromatic N) is 1. The molecule has 0 aliphatic carbocycles. The maximum absolute atomic E-state index is 12.6. The second-order valence-corrected chi connectivity index (χ2v) is 3.23. The van der Waals surface area contributed by atoms with Crippen LogP contribution < -0.4 is 10.5 Å². The zero-order valence-corrected chi connectivity index (χ0v) is 9.04. The van der Waals surface area contributed by atoms with Crippen molar-refractivity contribution < 1.29 is 36.6 Å². The van der Waals surface area contributed by atoms with Crippen molar-refractivity contribution in [2.24, 2.45) is 5.73 Å². The fourth-order valence-corrected chi connectivity index (χ4v) is 1.24. The average Bonchev–Trinajstić information content (AvgIpc) is 2.26. The Kier molecular flexibility index (Phi) is 4.24. The number of rotatable bonds is 4. The monoisotopic (exact) mass is 286 g/mol. The summed E-state index contributed by atoms with van der Waals surface area (Å²) in [4.78, 5) is 13.9. The minimum absolute atomic E-state index is 0.290. The van der Waals surface area contributed by atoms with Gasteiger partial charge in [-0.3, -0.25) is 0 Å². The van der Waals surface area contributed by atoms with E-state index >= 15 is 0 Å². The van der Waals surface area contributed by atoms with Crippen molar-refractivity contribution in [3.05, 3.63) is 23.0 Å². The lowest BCUT2D eigenvalue weighted by atomic mass is 10.1. The van der Waals surface area contributed by atoms with Gasteiger partial charge in [-0.2, -0.15) is 0 Å². The number of carboxylic acid groups (broad SMARTS) is 1. The first kappa shape index (κ1) is 15.1. The molecular formula is C9H7F5N2O3. The van der Waals surface area contributed by atoms with Crippen LogP contribution in [-0.4, -0.2) is 22.4 Å². The normalized spacial score (nSPS) is 11.7. The molecule has 0 spiro atoms. The number of alkyl halides is 5. The number of hydrogen-bond acceptors (Lipinski definition) is 4. The van der Waals surface area contributed by atoms with E-state index in [1.807, 2.05) is 0 Å². The number of hydrogen-bond donors (Lipinski definition) is 2. The first-order valence-electron chi connectivity index (χ1n) is 4.66. The number of ether oxygens (including phenoxy) is 1. The lowest BCUT2D eigenvalue weighted by Crippen LogP contribution is -2.21. The molecule has 0 atom stereocenters. The molecular weight excluding hydrogens is 279 g/mol. The Labute approximate surface area is 102 Å². The number of carboxylic acids is 1. The summed E-state index contributed by atoms with van der Waals surface area (Å²) in [6, 6.07) is 0.648. The van der Waals surface area contributed by atoms with Crippen LogP contribution in [0.25, 0.3) is 0 Å². The molecule has 1 rings (SSSR count). The van der Waals surface area contributed by atoms with Crippen molar-refractivity contribution in [3.63, 3.8) is 0 Å². The van der Waals surface area contributed by atoms with Gasteiger partial charge in [0.05, 0.1) is 5.69 Å². The highest BCUT2D eigenvalue weighted by molar-refractivity contribution is 5.91. The van der Waals surface area contributed by atoms with E-state index < -0.39 is 42.3 Å². The van der Waals surface area contributed by atoms with Crippen LogP contribution in [0.2, 0.25) is 0 Å². The second-order valence-electron chi connectivity index (χ2n) is 3.23. The van der Waals surface area contributed by atoms with E-state index in [2.05, 4.69) is 9.72 Å². The molecule has 0 radical (unpaired) electrons. The molecule has 1 aromatic rings. The third kappa shape index (κ3) is 3.74. The molecule has 10 heteroatoms. The average molecular weight is 286 g/mol. The molecule has 0 unspecified atom stereocenters. The molecule has 0 saturated heterocycles. The largest absolute Gasteiger partial charge is 0.573 e. The standard InChI is InChI=1S/C9H7F5N2O3/c10-7(11)5-6(19-9(12,13)14)4(8(17)18)1-3(2-15)16-5/h1,7H,2,15H2,(H,17,18). The summed E-state index contributed by atoms with van der Waals surface area (Å²) >= 11 is 0. The van der Waals surface area contributed by atoms with Gasteiger partial charge in [-0.05, 0) is 6.07 Å². The smallest absolute Gasteiger partial charge is 0.478 e. The van der Waals surface area contributed by atoms with Crippen LogP contribution in [-0.2, 0) is 6.54 Å². The lowest BCUT2D eigenvalue weighted by Gasteiger charge is -2.15. The summed E-state index contributed by atoms with van der Waals surface area (Å²) < 4.78 is 64.9. The number of aromatic nitrogens is 1. The minimum Gasteiger partial charge on any atom is -0.478 e. The SMILES string of the molecule is NCc1cc(C(=O)O)c(OC(F)(F)F)c(C(F)F)n1. The quantitative estimate of drug-likeness (QED) is 0.828. The fraction of sp³-hybridized carbons (Fsp3) is 0.333. The van der Waals surface area contributed by atoms with Gasteiger partial charge < -0.3 is 15.6 Å². The van der Waals surface area contributed by atoms with Gasteiger partial charge in [0.25, 0.3) is 6.43 Å². The van der Waals surface area contributed by atoms with Crippen molar-refractivity contribution in [1.29, 1.82) is 0 Å². The third-order valence-electron chi connectivity index (χ3n) is 1.92. The highest BCUT2D eigenvalue weighted by atomic mass is 19.4. The highest BCUT2D eigenvalue weighted by Gasteiger charge is 2.36. The van der Waals surface area contributed by atoms with Gasteiger partial charge >= 0.3 is 12.3 Å². The predicted molar refractivity (Wildman–Crippen MR) is 50.7 cm³/mol. The molecule has 0 saturated carbocycles. The van der Waals surface area contributed by atoms with Gasteiger partial charge in [-0.1, -0.05) is 0 Å². The Morgan fingerprint density at radius 3 is 2.42 bits per heavy atom.